The molecule has 1 aromatic heterocycles. The van der Waals surface area contributed by atoms with E-state index in [9.17, 15) is 14.7 Å². The zero-order chi connectivity index (χ0) is 32.8. The molecule has 1 N–H and O–H groups in total. The Balaban J connectivity index is 1.37. The molecule has 238 valence electrons. The van der Waals surface area contributed by atoms with E-state index in [-0.39, 0.29) is 17.4 Å². The Morgan fingerprint density at radius 1 is 1.00 bits per heavy atom. The van der Waals surface area contributed by atoms with Gasteiger partial charge in [0.05, 0.1) is 28.4 Å². The predicted octanol–water partition coefficient (Wildman–Crippen LogP) is 7.84. The Kier molecular flexibility index (Phi) is 7.93. The van der Waals surface area contributed by atoms with Crippen molar-refractivity contribution in [3.63, 3.8) is 0 Å². The molecule has 0 saturated carbocycles. The Bertz CT molecular complexity index is 2070. The number of hydrogen-bond donors (Lipinski definition) is 1. The van der Waals surface area contributed by atoms with Gasteiger partial charge in [-0.3, -0.25) is 14.5 Å². The van der Waals surface area contributed by atoms with Crippen LogP contribution < -0.4 is 19.1 Å². The van der Waals surface area contributed by atoms with Crippen LogP contribution in [0.2, 0.25) is 0 Å². The highest BCUT2D eigenvalue weighted by Gasteiger charge is 2.48. The van der Waals surface area contributed by atoms with Gasteiger partial charge in [-0.15, -0.1) is 0 Å². The number of carbonyl (C=O) groups is 2. The molecule has 0 unspecified atom stereocenters. The first-order chi connectivity index (χ1) is 22.7. The molecule has 9 heteroatoms. The van der Waals surface area contributed by atoms with E-state index in [1.807, 2.05) is 76.2 Å². The van der Waals surface area contributed by atoms with Gasteiger partial charge < -0.3 is 19.3 Å². The number of thiazole rings is 1. The number of aryl methyl sites for hydroxylation is 2. The largest absolute Gasteiger partial charge is 0.507 e. The van der Waals surface area contributed by atoms with Crippen molar-refractivity contribution in [2.45, 2.75) is 52.9 Å². The number of aliphatic hydroxyl groups is 1. The summed E-state index contributed by atoms with van der Waals surface area (Å²) in [5, 5.41) is 12.2. The molecule has 8 nitrogen and oxygen atoms in total. The maximum absolute atomic E-state index is 14.0. The molecule has 2 aliphatic rings. The molecule has 0 spiro atoms. The third-order valence-electron chi connectivity index (χ3n) is 8.46. The lowest BCUT2D eigenvalue weighted by atomic mass is 9.94. The first kappa shape index (κ1) is 30.5. The zero-order valence-corrected chi connectivity index (χ0v) is 27.4. The summed E-state index contributed by atoms with van der Waals surface area (Å²) in [6.07, 6.45) is 0.694. The molecule has 5 aromatic rings. The van der Waals surface area contributed by atoms with Crippen LogP contribution in [0.3, 0.4) is 0 Å². The molecule has 4 aromatic carbocycles. The number of aromatic nitrogens is 1. The number of fused-ring (bicyclic) bond motifs is 2. The number of amides is 1. The molecule has 1 saturated heterocycles. The second-order valence-corrected chi connectivity index (χ2v) is 13.0. The average molecular weight is 647 g/mol. The number of aliphatic hydroxyl groups excluding tert-OH is 1. The minimum Gasteiger partial charge on any atom is -0.507 e. The number of Topliss-reactive ketones (excluding diaryl/α,β-unsaturated/α-hetero) is 1. The van der Waals surface area contributed by atoms with Crippen LogP contribution in [0.4, 0.5) is 5.13 Å². The van der Waals surface area contributed by atoms with Gasteiger partial charge in [0.25, 0.3) is 5.78 Å². The number of ether oxygens (including phenoxy) is 3. The van der Waals surface area contributed by atoms with E-state index in [2.05, 4.69) is 0 Å². The van der Waals surface area contributed by atoms with Gasteiger partial charge in [-0.25, -0.2) is 4.98 Å². The van der Waals surface area contributed by atoms with Crippen LogP contribution in [-0.2, 0) is 22.6 Å². The first-order valence-electron chi connectivity index (χ1n) is 15.6. The van der Waals surface area contributed by atoms with Crippen molar-refractivity contribution in [2.75, 3.05) is 11.5 Å². The fourth-order valence-corrected chi connectivity index (χ4v) is 7.52. The highest BCUT2D eigenvalue weighted by Crippen LogP contribution is 2.46. The monoisotopic (exact) mass is 646 g/mol. The van der Waals surface area contributed by atoms with Crippen molar-refractivity contribution >= 4 is 44.1 Å². The summed E-state index contributed by atoms with van der Waals surface area (Å²) >= 11 is 1.34. The summed E-state index contributed by atoms with van der Waals surface area (Å²) in [6.45, 7) is 8.56. The summed E-state index contributed by atoms with van der Waals surface area (Å²) in [4.78, 5) is 34.1. The lowest BCUT2D eigenvalue weighted by molar-refractivity contribution is -0.132. The van der Waals surface area contributed by atoms with Crippen molar-refractivity contribution in [3.8, 4) is 17.2 Å². The van der Waals surface area contributed by atoms with E-state index in [4.69, 9.17) is 19.2 Å². The fourth-order valence-electron chi connectivity index (χ4n) is 6.35. The molecule has 7 rings (SSSR count). The fraction of sp³-hybridized carbons (Fsp3) is 0.237. The third kappa shape index (κ3) is 5.61. The van der Waals surface area contributed by atoms with Gasteiger partial charge in [0.15, 0.2) is 16.6 Å². The number of rotatable bonds is 8. The molecule has 0 bridgehead atoms. The quantitative estimate of drug-likeness (QED) is 0.104. The van der Waals surface area contributed by atoms with Gasteiger partial charge >= 0.3 is 5.91 Å². The Morgan fingerprint density at radius 3 is 2.60 bits per heavy atom. The molecule has 47 heavy (non-hydrogen) atoms. The van der Waals surface area contributed by atoms with Gasteiger partial charge in [-0.05, 0) is 91.9 Å². The molecular weight excluding hydrogens is 612 g/mol. The molecule has 2 atom stereocenters. The van der Waals surface area contributed by atoms with Crippen LogP contribution in [0.25, 0.3) is 16.0 Å². The molecule has 0 aliphatic carbocycles. The number of ketones is 1. The van der Waals surface area contributed by atoms with Gasteiger partial charge in [0.1, 0.15) is 24.2 Å². The summed E-state index contributed by atoms with van der Waals surface area (Å²) in [7, 11) is 0. The van der Waals surface area contributed by atoms with Gasteiger partial charge in [0, 0.05) is 12.0 Å². The smallest absolute Gasteiger partial charge is 0.301 e. The molecule has 3 heterocycles. The third-order valence-corrected chi connectivity index (χ3v) is 9.46. The number of benzene rings is 4. The SMILES string of the molecule is CCOc1cc([C@H]2C(=C(O)c3ccc4c(c3)C[C@@H](C)O4)C(=O)C(=O)N2c2nc3c(C)cc(C)cc3s2)ccc1OCc1ccccc1. The number of hydrogen-bond acceptors (Lipinski definition) is 8. The van der Waals surface area contributed by atoms with E-state index >= 15 is 0 Å². The van der Waals surface area contributed by atoms with Crippen LogP contribution >= 0.6 is 11.3 Å². The van der Waals surface area contributed by atoms with Crippen LogP contribution in [0.5, 0.6) is 17.2 Å². The Morgan fingerprint density at radius 2 is 1.81 bits per heavy atom. The van der Waals surface area contributed by atoms with Crippen LogP contribution in [-0.4, -0.2) is 34.5 Å². The minimum absolute atomic E-state index is 0.0127. The lowest BCUT2D eigenvalue weighted by Crippen LogP contribution is -2.29. The van der Waals surface area contributed by atoms with E-state index in [0.717, 1.165) is 38.2 Å². The van der Waals surface area contributed by atoms with Crippen molar-refractivity contribution < 1.29 is 28.9 Å². The molecule has 1 amide bonds. The van der Waals surface area contributed by atoms with E-state index in [0.29, 0.717) is 47.4 Å². The summed E-state index contributed by atoms with van der Waals surface area (Å²) < 4.78 is 18.9. The second kappa shape index (κ2) is 12.2. The molecular formula is C38H34N2O6S. The first-order valence-corrected chi connectivity index (χ1v) is 16.5. The van der Waals surface area contributed by atoms with Crippen molar-refractivity contribution in [1.29, 1.82) is 0 Å². The number of carbonyl (C=O) groups excluding carboxylic acids is 2. The molecule has 2 aliphatic heterocycles. The van der Waals surface area contributed by atoms with E-state index < -0.39 is 17.7 Å². The van der Waals surface area contributed by atoms with Crippen molar-refractivity contribution in [3.05, 3.63) is 118 Å². The van der Waals surface area contributed by atoms with Crippen LogP contribution in [0, 0.1) is 13.8 Å². The van der Waals surface area contributed by atoms with Gasteiger partial charge in [-0.2, -0.15) is 0 Å². The van der Waals surface area contributed by atoms with Crippen LogP contribution in [0.15, 0.2) is 84.4 Å². The maximum Gasteiger partial charge on any atom is 0.301 e. The molecule has 1 fully saturated rings. The summed E-state index contributed by atoms with van der Waals surface area (Å²) in [6, 6.07) is 23.6. The van der Waals surface area contributed by atoms with Gasteiger partial charge in [0.2, 0.25) is 0 Å². The number of nitrogens with zero attached hydrogens (tertiary/aromatic N) is 2. The summed E-state index contributed by atoms with van der Waals surface area (Å²) in [5.74, 6) is -0.0638. The number of anilines is 1. The van der Waals surface area contributed by atoms with E-state index in [1.165, 1.54) is 16.2 Å². The zero-order valence-electron chi connectivity index (χ0n) is 26.6. The Labute approximate surface area is 276 Å². The lowest BCUT2D eigenvalue weighted by Gasteiger charge is -2.24. The average Bonchev–Trinajstić information content (AvgIpc) is 3.73. The summed E-state index contributed by atoms with van der Waals surface area (Å²) in [5.41, 5.74) is 5.75. The normalized spacial score (nSPS) is 18.4. The van der Waals surface area contributed by atoms with Crippen molar-refractivity contribution in [1.82, 2.24) is 4.98 Å². The molecule has 0 radical (unpaired) electrons. The highest BCUT2D eigenvalue weighted by molar-refractivity contribution is 7.22. The van der Waals surface area contributed by atoms with Crippen LogP contribution in [0.1, 0.15) is 53.3 Å². The Hall–Kier alpha value is -5.15. The highest BCUT2D eigenvalue weighted by atomic mass is 32.1. The topological polar surface area (TPSA) is 98.2 Å². The minimum atomic E-state index is -0.970. The second-order valence-electron chi connectivity index (χ2n) is 12.0. The van der Waals surface area contributed by atoms with Gasteiger partial charge in [-0.1, -0.05) is 53.8 Å². The standard InChI is InChI=1S/C38H34N2O6S/c1-5-44-30-19-25(11-14-29(30)45-20-24-9-7-6-8-10-24)34-32(35(41)26-12-13-28-27(18-26)17-23(4)46-28)36(42)37(43)40(34)38-39-33-22(3)15-21(2)16-31(33)47-38/h6-16,18-19,23,34,41H,5,17,20H2,1-4H3/t23-,34+/m1/s1. The predicted molar refractivity (Wildman–Crippen MR) is 182 cm³/mol. The maximum atomic E-state index is 14.0. The van der Waals surface area contributed by atoms with Crippen molar-refractivity contribution in [2.24, 2.45) is 0 Å². The van der Waals surface area contributed by atoms with E-state index in [1.54, 1.807) is 30.3 Å².